The number of Topliss-reactive ketones (excluding diaryl/α,β-unsaturated/α-hetero) is 1. The Labute approximate surface area is 134 Å². The van der Waals surface area contributed by atoms with E-state index in [0.717, 1.165) is 12.8 Å². The Morgan fingerprint density at radius 2 is 2.09 bits per heavy atom. The van der Waals surface area contributed by atoms with Crippen molar-refractivity contribution >= 4 is 23.3 Å². The molecule has 1 aromatic rings. The summed E-state index contributed by atoms with van der Waals surface area (Å²) in [5, 5.41) is 0.423. The standard InChI is InChI=1S/C16H18ClNO4/c1-10(19)18-5-2-11(3-6-18)22-16-9-15-12(8-13(16)17)14(20)4-7-21-15/h8-9,11H,2-7H2,1H3. The zero-order chi connectivity index (χ0) is 15.7. The van der Waals surface area contributed by atoms with Crippen LogP contribution in [0, 0.1) is 0 Å². The predicted molar refractivity (Wildman–Crippen MR) is 81.8 cm³/mol. The van der Waals surface area contributed by atoms with Gasteiger partial charge in [0.1, 0.15) is 17.6 Å². The number of hydrogen-bond donors (Lipinski definition) is 0. The van der Waals surface area contributed by atoms with Crippen molar-refractivity contribution in [3.63, 3.8) is 0 Å². The highest BCUT2D eigenvalue weighted by Crippen LogP contribution is 2.36. The van der Waals surface area contributed by atoms with E-state index >= 15 is 0 Å². The Morgan fingerprint density at radius 1 is 1.36 bits per heavy atom. The minimum atomic E-state index is 0.0189. The van der Waals surface area contributed by atoms with Crippen LogP contribution in [0.3, 0.4) is 0 Å². The van der Waals surface area contributed by atoms with Gasteiger partial charge in [-0.3, -0.25) is 9.59 Å². The van der Waals surface area contributed by atoms with Gasteiger partial charge in [0.15, 0.2) is 5.78 Å². The van der Waals surface area contributed by atoms with Gasteiger partial charge in [-0.1, -0.05) is 11.6 Å². The highest BCUT2D eigenvalue weighted by molar-refractivity contribution is 6.32. The minimum Gasteiger partial charge on any atom is -0.492 e. The quantitative estimate of drug-likeness (QED) is 0.839. The van der Waals surface area contributed by atoms with Gasteiger partial charge >= 0.3 is 0 Å². The average molecular weight is 324 g/mol. The van der Waals surface area contributed by atoms with Gasteiger partial charge in [0.2, 0.25) is 5.91 Å². The molecule has 0 spiro atoms. The van der Waals surface area contributed by atoms with Crippen molar-refractivity contribution in [1.29, 1.82) is 0 Å². The summed E-state index contributed by atoms with van der Waals surface area (Å²) in [7, 11) is 0. The van der Waals surface area contributed by atoms with Crippen molar-refractivity contribution in [1.82, 2.24) is 4.90 Å². The number of nitrogens with zero attached hydrogens (tertiary/aromatic N) is 1. The number of likely N-dealkylation sites (tertiary alicyclic amines) is 1. The molecule has 1 amide bonds. The van der Waals surface area contributed by atoms with E-state index in [9.17, 15) is 9.59 Å². The monoisotopic (exact) mass is 323 g/mol. The molecule has 1 saturated heterocycles. The normalized spacial score (nSPS) is 18.6. The summed E-state index contributed by atoms with van der Waals surface area (Å²) < 4.78 is 11.5. The zero-order valence-corrected chi connectivity index (χ0v) is 13.2. The van der Waals surface area contributed by atoms with Crippen molar-refractivity contribution in [3.8, 4) is 11.5 Å². The fourth-order valence-corrected chi connectivity index (χ4v) is 3.03. The van der Waals surface area contributed by atoms with Crippen LogP contribution in [0.1, 0.15) is 36.5 Å². The van der Waals surface area contributed by atoms with Gasteiger partial charge in [0.05, 0.1) is 17.2 Å². The number of halogens is 1. The first-order chi connectivity index (χ1) is 10.5. The maximum atomic E-state index is 11.8. The largest absolute Gasteiger partial charge is 0.492 e. The third-order valence-corrected chi connectivity index (χ3v) is 4.40. The number of piperidine rings is 1. The lowest BCUT2D eigenvalue weighted by Crippen LogP contribution is -2.40. The zero-order valence-electron chi connectivity index (χ0n) is 12.4. The minimum absolute atomic E-state index is 0.0189. The van der Waals surface area contributed by atoms with Crippen LogP contribution in [0.5, 0.6) is 11.5 Å². The molecule has 0 saturated carbocycles. The van der Waals surface area contributed by atoms with Crippen LogP contribution in [0.4, 0.5) is 0 Å². The number of rotatable bonds is 2. The fraction of sp³-hybridized carbons (Fsp3) is 0.500. The smallest absolute Gasteiger partial charge is 0.219 e. The first kappa shape index (κ1) is 15.2. The maximum Gasteiger partial charge on any atom is 0.219 e. The Morgan fingerprint density at radius 3 is 2.77 bits per heavy atom. The number of amides is 1. The third-order valence-electron chi connectivity index (χ3n) is 4.10. The maximum absolute atomic E-state index is 11.8. The lowest BCUT2D eigenvalue weighted by molar-refractivity contribution is -0.130. The number of carbonyl (C=O) groups is 2. The summed E-state index contributed by atoms with van der Waals surface area (Å²) in [6.07, 6.45) is 1.94. The van der Waals surface area contributed by atoms with Crippen molar-refractivity contribution in [2.75, 3.05) is 19.7 Å². The summed E-state index contributed by atoms with van der Waals surface area (Å²) >= 11 is 6.23. The molecule has 0 aliphatic carbocycles. The molecular formula is C16H18ClNO4. The van der Waals surface area contributed by atoms with Crippen LogP contribution in [0.2, 0.25) is 5.02 Å². The van der Waals surface area contributed by atoms with Gasteiger partial charge in [-0.05, 0) is 6.07 Å². The average Bonchev–Trinajstić information content (AvgIpc) is 2.50. The summed E-state index contributed by atoms with van der Waals surface area (Å²) in [6, 6.07) is 3.32. The lowest BCUT2D eigenvalue weighted by Gasteiger charge is -2.31. The van der Waals surface area contributed by atoms with Crippen molar-refractivity contribution < 1.29 is 19.1 Å². The number of benzene rings is 1. The van der Waals surface area contributed by atoms with Crippen molar-refractivity contribution in [3.05, 3.63) is 22.7 Å². The van der Waals surface area contributed by atoms with E-state index in [1.807, 2.05) is 4.90 Å². The van der Waals surface area contributed by atoms with Crippen molar-refractivity contribution in [2.24, 2.45) is 0 Å². The van der Waals surface area contributed by atoms with Gasteiger partial charge in [-0.15, -0.1) is 0 Å². The SMILES string of the molecule is CC(=O)N1CCC(Oc2cc3c(cc2Cl)C(=O)CCO3)CC1. The van der Waals surface area contributed by atoms with Gasteiger partial charge in [0, 0.05) is 45.3 Å². The van der Waals surface area contributed by atoms with Crippen LogP contribution in [0.25, 0.3) is 0 Å². The molecule has 0 radical (unpaired) electrons. The summed E-state index contributed by atoms with van der Waals surface area (Å²) in [5.41, 5.74) is 0.523. The summed E-state index contributed by atoms with van der Waals surface area (Å²) in [4.78, 5) is 25.0. The number of ether oxygens (including phenoxy) is 2. The van der Waals surface area contributed by atoms with E-state index in [4.69, 9.17) is 21.1 Å². The van der Waals surface area contributed by atoms with Crippen LogP contribution >= 0.6 is 11.6 Å². The van der Waals surface area contributed by atoms with Crippen molar-refractivity contribution in [2.45, 2.75) is 32.3 Å². The third kappa shape index (κ3) is 3.04. The first-order valence-corrected chi connectivity index (χ1v) is 7.84. The Kier molecular flexibility index (Phi) is 4.25. The molecule has 2 aliphatic heterocycles. The van der Waals surface area contributed by atoms with Gasteiger partial charge in [-0.25, -0.2) is 0 Å². The number of hydrogen-bond acceptors (Lipinski definition) is 4. The van der Waals surface area contributed by atoms with Crippen LogP contribution < -0.4 is 9.47 Å². The second-order valence-corrected chi connectivity index (χ2v) is 6.03. The van der Waals surface area contributed by atoms with E-state index in [-0.39, 0.29) is 17.8 Å². The molecule has 0 N–H and O–H groups in total. The molecule has 2 aliphatic rings. The molecule has 6 heteroatoms. The summed E-state index contributed by atoms with van der Waals surface area (Å²) in [6.45, 7) is 3.36. The van der Waals surface area contributed by atoms with E-state index in [1.54, 1.807) is 19.1 Å². The summed E-state index contributed by atoms with van der Waals surface area (Å²) in [5.74, 6) is 1.22. The molecule has 0 atom stereocenters. The molecule has 1 fully saturated rings. The van der Waals surface area contributed by atoms with E-state index < -0.39 is 0 Å². The van der Waals surface area contributed by atoms with Gasteiger partial charge in [-0.2, -0.15) is 0 Å². The van der Waals surface area contributed by atoms with E-state index in [0.29, 0.717) is 48.2 Å². The van der Waals surface area contributed by atoms with Crippen LogP contribution in [-0.4, -0.2) is 42.4 Å². The van der Waals surface area contributed by atoms with Crippen LogP contribution in [-0.2, 0) is 4.79 Å². The van der Waals surface area contributed by atoms with Crippen LogP contribution in [0.15, 0.2) is 12.1 Å². The molecule has 22 heavy (non-hydrogen) atoms. The molecule has 0 aromatic heterocycles. The predicted octanol–water partition coefficient (Wildman–Crippen LogP) is 2.69. The molecular weight excluding hydrogens is 306 g/mol. The molecule has 5 nitrogen and oxygen atoms in total. The molecule has 0 unspecified atom stereocenters. The second kappa shape index (κ2) is 6.16. The Hall–Kier alpha value is -1.75. The van der Waals surface area contributed by atoms with E-state index in [1.165, 1.54) is 0 Å². The molecule has 118 valence electrons. The second-order valence-electron chi connectivity index (χ2n) is 5.62. The first-order valence-electron chi connectivity index (χ1n) is 7.46. The molecule has 0 bridgehead atoms. The molecule has 2 heterocycles. The molecule has 1 aromatic carbocycles. The topological polar surface area (TPSA) is 55.8 Å². The van der Waals surface area contributed by atoms with E-state index in [2.05, 4.69) is 0 Å². The lowest BCUT2D eigenvalue weighted by atomic mass is 10.0. The Balaban J connectivity index is 1.71. The Bertz CT molecular complexity index is 608. The fourth-order valence-electron chi connectivity index (χ4n) is 2.82. The highest BCUT2D eigenvalue weighted by atomic mass is 35.5. The highest BCUT2D eigenvalue weighted by Gasteiger charge is 2.25. The number of fused-ring (bicyclic) bond motifs is 1. The van der Waals surface area contributed by atoms with Gasteiger partial charge in [0.25, 0.3) is 0 Å². The number of ketones is 1. The number of carbonyl (C=O) groups excluding carboxylic acids is 2. The van der Waals surface area contributed by atoms with Gasteiger partial charge < -0.3 is 14.4 Å². The molecule has 3 rings (SSSR count).